The molecule has 3 amide bonds. The number of carbonyl (C=O) groups is 3. The number of aliphatic imine (C=N–C) groups is 1. The Morgan fingerprint density at radius 1 is 0.755 bits per heavy atom. The van der Waals surface area contributed by atoms with Gasteiger partial charge < -0.3 is 37.3 Å². The van der Waals surface area contributed by atoms with Gasteiger partial charge in [-0.25, -0.2) is 0 Å². The maximum absolute atomic E-state index is 14.0. The molecular formula is C40H38Br2N8O3. The fourth-order valence-corrected chi connectivity index (χ4v) is 6.41. The first-order chi connectivity index (χ1) is 25.8. The van der Waals surface area contributed by atoms with Crippen LogP contribution in [-0.2, 0) is 11.2 Å². The highest BCUT2D eigenvalue weighted by Crippen LogP contribution is 2.24. The summed E-state index contributed by atoms with van der Waals surface area (Å²) in [6, 6.07) is 32.7. The second-order valence-corrected chi connectivity index (χ2v) is 14.0. The molecule has 5 aromatic carbocycles. The molecule has 13 heteroatoms. The number of anilines is 2. The van der Waals surface area contributed by atoms with Gasteiger partial charge in [0.15, 0.2) is 5.96 Å². The maximum atomic E-state index is 14.0. The molecule has 270 valence electrons. The number of guanidine groups is 1. The molecule has 0 saturated heterocycles. The van der Waals surface area contributed by atoms with Gasteiger partial charge in [-0.05, 0) is 77.0 Å². The molecule has 11 nitrogen and oxygen atoms in total. The van der Waals surface area contributed by atoms with E-state index in [0.717, 1.165) is 37.4 Å². The van der Waals surface area contributed by atoms with Gasteiger partial charge in [0.05, 0.1) is 17.8 Å². The molecule has 6 rings (SSSR count). The summed E-state index contributed by atoms with van der Waals surface area (Å²) in [7, 11) is 0. The molecule has 1 aromatic heterocycles. The molecule has 0 unspecified atom stereocenters. The van der Waals surface area contributed by atoms with Gasteiger partial charge in [-0.1, -0.05) is 80.4 Å². The molecule has 53 heavy (non-hydrogen) atoms. The highest BCUT2D eigenvalue weighted by atomic mass is 79.9. The van der Waals surface area contributed by atoms with Gasteiger partial charge in [0.1, 0.15) is 6.04 Å². The SMILES string of the molecule is NCCN=C(NCCNC(=O)[C@H](Cc1c[nH]c2ccccc12)NC(=O)c1cc(Br)ccc1NC(=O)c1ccc2ccccc2c1)Nc1ccc(Br)cc1. The molecule has 1 heterocycles. The zero-order valence-electron chi connectivity index (χ0n) is 28.6. The molecular weight excluding hydrogens is 800 g/mol. The number of nitrogens with two attached hydrogens (primary N) is 1. The minimum Gasteiger partial charge on any atom is -0.361 e. The Kier molecular flexibility index (Phi) is 12.5. The van der Waals surface area contributed by atoms with Crippen LogP contribution in [0.15, 0.2) is 129 Å². The monoisotopic (exact) mass is 836 g/mol. The van der Waals surface area contributed by atoms with Gasteiger partial charge in [-0.15, -0.1) is 0 Å². The molecule has 0 aliphatic carbocycles. The Bertz CT molecular complexity index is 2270. The number of nitrogens with zero attached hydrogens (tertiary/aromatic N) is 1. The predicted octanol–water partition coefficient (Wildman–Crippen LogP) is 6.57. The van der Waals surface area contributed by atoms with Crippen LogP contribution in [0.4, 0.5) is 11.4 Å². The summed E-state index contributed by atoms with van der Waals surface area (Å²) in [4.78, 5) is 49.0. The number of H-pyrrole nitrogens is 1. The predicted molar refractivity (Wildman–Crippen MR) is 219 cm³/mol. The van der Waals surface area contributed by atoms with E-state index < -0.39 is 11.9 Å². The van der Waals surface area contributed by atoms with Crippen LogP contribution >= 0.6 is 31.9 Å². The normalized spacial score (nSPS) is 11.9. The molecule has 0 radical (unpaired) electrons. The number of halogens is 2. The average molecular weight is 839 g/mol. The third-order valence-corrected chi connectivity index (χ3v) is 9.45. The molecule has 6 aromatic rings. The Morgan fingerprint density at radius 3 is 2.30 bits per heavy atom. The number of fused-ring (bicyclic) bond motifs is 2. The van der Waals surface area contributed by atoms with Crippen LogP contribution in [-0.4, -0.2) is 60.9 Å². The topological polar surface area (TPSA) is 166 Å². The van der Waals surface area contributed by atoms with E-state index in [1.165, 1.54) is 0 Å². The largest absolute Gasteiger partial charge is 0.361 e. The molecule has 0 bridgehead atoms. The number of benzene rings is 5. The quantitative estimate of drug-likeness (QED) is 0.0395. The molecule has 1 atom stereocenters. The van der Waals surface area contributed by atoms with Crippen molar-refractivity contribution in [2.75, 3.05) is 36.8 Å². The fourth-order valence-electron chi connectivity index (χ4n) is 5.78. The molecule has 0 fully saturated rings. The summed E-state index contributed by atoms with van der Waals surface area (Å²) in [6.45, 7) is 1.39. The first-order valence-electron chi connectivity index (χ1n) is 17.0. The van der Waals surface area contributed by atoms with Crippen LogP contribution in [0, 0.1) is 0 Å². The van der Waals surface area contributed by atoms with Crippen LogP contribution in [0.25, 0.3) is 21.7 Å². The number of aromatic amines is 1. The number of hydrogen-bond acceptors (Lipinski definition) is 5. The third kappa shape index (κ3) is 9.89. The van der Waals surface area contributed by atoms with E-state index in [0.29, 0.717) is 41.3 Å². The van der Waals surface area contributed by atoms with Crippen molar-refractivity contribution in [1.82, 2.24) is 20.9 Å². The first-order valence-corrected chi connectivity index (χ1v) is 18.6. The number of para-hydroxylation sites is 1. The van der Waals surface area contributed by atoms with Gasteiger partial charge in [0.25, 0.3) is 11.8 Å². The van der Waals surface area contributed by atoms with Crippen molar-refractivity contribution < 1.29 is 14.4 Å². The van der Waals surface area contributed by atoms with Crippen LogP contribution in [0.2, 0.25) is 0 Å². The van der Waals surface area contributed by atoms with Crippen LogP contribution < -0.4 is 32.3 Å². The molecule has 0 saturated carbocycles. The fraction of sp³-hybridized carbons (Fsp3) is 0.150. The van der Waals surface area contributed by atoms with Gasteiger partial charge in [-0.2, -0.15) is 0 Å². The zero-order chi connectivity index (χ0) is 37.2. The Labute approximate surface area is 323 Å². The van der Waals surface area contributed by atoms with E-state index in [9.17, 15) is 14.4 Å². The maximum Gasteiger partial charge on any atom is 0.255 e. The number of hydrogen-bond donors (Lipinski definition) is 7. The molecule has 0 aliphatic heterocycles. The van der Waals surface area contributed by atoms with Gasteiger partial charge >= 0.3 is 0 Å². The smallest absolute Gasteiger partial charge is 0.255 e. The standard InChI is InChI=1S/C40H38Br2N8O3/c41-29-11-14-31(15-12-29)48-40(45-18-17-43)46-20-19-44-39(53)36(22-28-24-47-34-8-4-3-7-32(28)34)50-38(52)33-23-30(42)13-16-35(33)49-37(51)27-10-9-25-5-1-2-6-26(25)21-27/h1-16,21,23-24,36,47H,17-20,22,43H2,(H,44,53)(H,49,51)(H,50,52)(H2,45,46,48)/t36-/m0/s1. The zero-order valence-corrected chi connectivity index (χ0v) is 31.8. The Balaban J connectivity index is 1.17. The van der Waals surface area contributed by atoms with Gasteiger partial charge in [0.2, 0.25) is 5.91 Å². The van der Waals surface area contributed by atoms with Gasteiger partial charge in [0, 0.05) is 63.4 Å². The van der Waals surface area contributed by atoms with Crippen molar-refractivity contribution in [3.05, 3.63) is 141 Å². The minimum absolute atomic E-state index is 0.201. The second kappa shape index (κ2) is 17.8. The van der Waals surface area contributed by atoms with Crippen molar-refractivity contribution in [2.45, 2.75) is 12.5 Å². The van der Waals surface area contributed by atoms with Crippen molar-refractivity contribution >= 4 is 88.6 Å². The summed E-state index contributed by atoms with van der Waals surface area (Å²) in [5, 5.41) is 18.2. The summed E-state index contributed by atoms with van der Waals surface area (Å²) in [6.07, 6.45) is 2.07. The van der Waals surface area contributed by atoms with Crippen molar-refractivity contribution in [3.8, 4) is 0 Å². The summed E-state index contributed by atoms with van der Waals surface area (Å²) in [5.74, 6) is -0.739. The molecule has 0 aliphatic rings. The first kappa shape index (κ1) is 37.3. The van der Waals surface area contributed by atoms with Crippen LogP contribution in [0.5, 0.6) is 0 Å². The van der Waals surface area contributed by atoms with E-state index in [1.807, 2.05) is 91.1 Å². The van der Waals surface area contributed by atoms with E-state index in [1.54, 1.807) is 24.3 Å². The molecule has 0 spiro atoms. The minimum atomic E-state index is -0.948. The van der Waals surface area contributed by atoms with E-state index >= 15 is 0 Å². The number of amides is 3. The summed E-state index contributed by atoms with van der Waals surface area (Å²) in [5.41, 5.74) is 9.27. The average Bonchev–Trinajstić information content (AvgIpc) is 3.58. The lowest BCUT2D eigenvalue weighted by Crippen LogP contribution is -2.49. The van der Waals surface area contributed by atoms with Crippen molar-refractivity contribution in [2.24, 2.45) is 10.7 Å². The van der Waals surface area contributed by atoms with Crippen LogP contribution in [0.3, 0.4) is 0 Å². The lowest BCUT2D eigenvalue weighted by Gasteiger charge is -2.20. The number of rotatable bonds is 13. The lowest BCUT2D eigenvalue weighted by molar-refractivity contribution is -0.122. The number of carbonyl (C=O) groups excluding carboxylic acids is 3. The lowest BCUT2D eigenvalue weighted by atomic mass is 10.0. The van der Waals surface area contributed by atoms with E-state index in [-0.39, 0.29) is 30.3 Å². The third-order valence-electron chi connectivity index (χ3n) is 8.43. The van der Waals surface area contributed by atoms with Crippen molar-refractivity contribution in [3.63, 3.8) is 0 Å². The van der Waals surface area contributed by atoms with Gasteiger partial charge in [-0.3, -0.25) is 19.4 Å². The Morgan fingerprint density at radius 2 is 1.49 bits per heavy atom. The van der Waals surface area contributed by atoms with Crippen molar-refractivity contribution in [1.29, 1.82) is 0 Å². The van der Waals surface area contributed by atoms with E-state index in [4.69, 9.17) is 5.73 Å². The highest BCUT2D eigenvalue weighted by Gasteiger charge is 2.25. The second-order valence-electron chi connectivity index (χ2n) is 12.2. The highest BCUT2D eigenvalue weighted by molar-refractivity contribution is 9.10. The van der Waals surface area contributed by atoms with E-state index in [2.05, 4.69) is 68.4 Å². The number of nitrogens with one attached hydrogen (secondary N) is 6. The summed E-state index contributed by atoms with van der Waals surface area (Å²) < 4.78 is 1.59. The van der Waals surface area contributed by atoms with Crippen LogP contribution in [0.1, 0.15) is 26.3 Å². The molecule has 8 N–H and O–H groups in total. The Hall–Kier alpha value is -5.50. The number of aromatic nitrogens is 1. The summed E-state index contributed by atoms with van der Waals surface area (Å²) >= 11 is 6.90.